The molecule has 0 radical (unpaired) electrons. The molecule has 0 saturated carbocycles. The van der Waals surface area contributed by atoms with Gasteiger partial charge in [0.05, 0.1) is 10.6 Å². The minimum absolute atomic E-state index is 0.594. The molecule has 0 aliphatic heterocycles. The summed E-state index contributed by atoms with van der Waals surface area (Å²) in [6.45, 7) is 2.93. The van der Waals surface area contributed by atoms with Crippen molar-refractivity contribution in [3.63, 3.8) is 0 Å². The Morgan fingerprint density at radius 3 is 3.00 bits per heavy atom. The van der Waals surface area contributed by atoms with Crippen molar-refractivity contribution in [2.75, 3.05) is 0 Å². The summed E-state index contributed by atoms with van der Waals surface area (Å²) in [5.41, 5.74) is 0.852. The molecular weight excluding hydrogens is 288 g/mol. The van der Waals surface area contributed by atoms with Gasteiger partial charge in [-0.3, -0.25) is 4.68 Å². The Morgan fingerprint density at radius 1 is 1.56 bits per heavy atom. The number of aryl methyl sites for hydroxylation is 1. The molecule has 1 atom stereocenters. The van der Waals surface area contributed by atoms with E-state index in [1.165, 1.54) is 0 Å². The van der Waals surface area contributed by atoms with Crippen LogP contribution in [0.3, 0.4) is 0 Å². The Balaban J connectivity index is 2.30. The lowest BCUT2D eigenvalue weighted by Gasteiger charge is -2.12. The van der Waals surface area contributed by atoms with Gasteiger partial charge in [-0.1, -0.05) is 6.92 Å². The summed E-state index contributed by atoms with van der Waals surface area (Å²) in [4.78, 5) is 0.929. The van der Waals surface area contributed by atoms with E-state index < -0.39 is 6.10 Å². The van der Waals surface area contributed by atoms with Crippen molar-refractivity contribution in [2.24, 2.45) is 0 Å². The maximum atomic E-state index is 10.3. The maximum absolute atomic E-state index is 10.3. The fourth-order valence-electron chi connectivity index (χ4n) is 1.61. The Bertz CT molecular complexity index is 466. The monoisotopic (exact) mass is 300 g/mol. The lowest BCUT2D eigenvalue weighted by atomic mass is 10.2. The van der Waals surface area contributed by atoms with Crippen molar-refractivity contribution >= 4 is 27.3 Å². The number of hydrogen-bond acceptors (Lipinski definition) is 3. The second-order valence-electron chi connectivity index (χ2n) is 3.51. The van der Waals surface area contributed by atoms with E-state index in [1.807, 2.05) is 22.2 Å². The Kier molecular flexibility index (Phi) is 3.78. The highest BCUT2D eigenvalue weighted by atomic mass is 79.9. The van der Waals surface area contributed by atoms with Crippen molar-refractivity contribution in [1.29, 1.82) is 0 Å². The number of nitrogens with zero attached hydrogens (tertiary/aromatic N) is 2. The van der Waals surface area contributed by atoms with Gasteiger partial charge in [-0.15, -0.1) is 11.3 Å². The van der Waals surface area contributed by atoms with Crippen LogP contribution in [0.15, 0.2) is 28.2 Å². The molecule has 2 aromatic heterocycles. The molecule has 2 heterocycles. The van der Waals surface area contributed by atoms with Crippen molar-refractivity contribution in [3.05, 3.63) is 38.8 Å². The molecule has 1 N–H and O–H groups in total. The minimum atomic E-state index is -0.594. The summed E-state index contributed by atoms with van der Waals surface area (Å²) in [5.74, 6) is 0. The van der Waals surface area contributed by atoms with Gasteiger partial charge in [0, 0.05) is 17.2 Å². The first-order valence-corrected chi connectivity index (χ1v) is 6.84. The van der Waals surface area contributed by atoms with E-state index in [9.17, 15) is 5.11 Å². The number of rotatable bonds is 4. The molecule has 0 amide bonds. The molecule has 16 heavy (non-hydrogen) atoms. The molecule has 0 aliphatic carbocycles. The first-order chi connectivity index (χ1) is 7.74. The van der Waals surface area contributed by atoms with Crippen LogP contribution in [-0.2, 0) is 6.54 Å². The van der Waals surface area contributed by atoms with Crippen molar-refractivity contribution < 1.29 is 5.11 Å². The molecule has 0 aromatic carbocycles. The van der Waals surface area contributed by atoms with E-state index in [4.69, 9.17) is 0 Å². The average molecular weight is 301 g/mol. The van der Waals surface area contributed by atoms with E-state index in [1.54, 1.807) is 17.5 Å². The Hall–Kier alpha value is -0.650. The van der Waals surface area contributed by atoms with Crippen LogP contribution in [0.5, 0.6) is 0 Å². The van der Waals surface area contributed by atoms with E-state index in [0.717, 1.165) is 28.0 Å². The van der Waals surface area contributed by atoms with Crippen molar-refractivity contribution in [2.45, 2.75) is 26.0 Å². The van der Waals surface area contributed by atoms with Gasteiger partial charge in [0.25, 0.3) is 0 Å². The molecule has 0 spiro atoms. The zero-order valence-corrected chi connectivity index (χ0v) is 11.3. The SMILES string of the molecule is CCCn1nccc1C(O)c1sccc1Br. The van der Waals surface area contributed by atoms with Gasteiger partial charge >= 0.3 is 0 Å². The molecule has 1 unspecified atom stereocenters. The van der Waals surface area contributed by atoms with Gasteiger partial charge in [-0.05, 0) is 39.9 Å². The average Bonchev–Trinajstić information content (AvgIpc) is 2.87. The lowest BCUT2D eigenvalue weighted by molar-refractivity contribution is 0.210. The number of aromatic nitrogens is 2. The molecule has 2 rings (SSSR count). The van der Waals surface area contributed by atoms with Crippen molar-refractivity contribution in [3.8, 4) is 0 Å². The van der Waals surface area contributed by atoms with Crippen molar-refractivity contribution in [1.82, 2.24) is 9.78 Å². The molecule has 0 fully saturated rings. The van der Waals surface area contributed by atoms with Crippen LogP contribution in [0.4, 0.5) is 0 Å². The lowest BCUT2D eigenvalue weighted by Crippen LogP contribution is -2.09. The molecular formula is C11H13BrN2OS. The van der Waals surface area contributed by atoms with Gasteiger partial charge in [0.1, 0.15) is 6.10 Å². The highest BCUT2D eigenvalue weighted by Crippen LogP contribution is 2.32. The topological polar surface area (TPSA) is 38.0 Å². The standard InChI is InChI=1S/C11H13BrN2OS/c1-2-6-14-9(3-5-13-14)10(15)11-8(12)4-7-16-11/h3-5,7,10,15H,2,6H2,1H3. The first kappa shape index (κ1) is 11.8. The molecule has 86 valence electrons. The fraction of sp³-hybridized carbons (Fsp3) is 0.364. The zero-order chi connectivity index (χ0) is 11.5. The molecule has 0 bridgehead atoms. The highest BCUT2D eigenvalue weighted by Gasteiger charge is 2.18. The first-order valence-electron chi connectivity index (χ1n) is 5.16. The smallest absolute Gasteiger partial charge is 0.131 e. The molecule has 3 nitrogen and oxygen atoms in total. The predicted octanol–water partition coefficient (Wildman–Crippen LogP) is 3.20. The van der Waals surface area contributed by atoms with Crippen LogP contribution in [0, 0.1) is 0 Å². The normalized spacial score (nSPS) is 12.9. The van der Waals surface area contributed by atoms with Crippen LogP contribution in [-0.4, -0.2) is 14.9 Å². The summed E-state index contributed by atoms with van der Waals surface area (Å²) >= 11 is 4.98. The van der Waals surface area contributed by atoms with E-state index in [2.05, 4.69) is 28.0 Å². The van der Waals surface area contributed by atoms with Crippen LogP contribution in [0.25, 0.3) is 0 Å². The number of aliphatic hydroxyl groups is 1. The minimum Gasteiger partial charge on any atom is -0.381 e. The Morgan fingerprint density at radius 2 is 2.38 bits per heavy atom. The number of hydrogen-bond donors (Lipinski definition) is 1. The van der Waals surface area contributed by atoms with Gasteiger partial charge in [0.15, 0.2) is 0 Å². The van der Waals surface area contributed by atoms with Crippen LogP contribution >= 0.6 is 27.3 Å². The highest BCUT2D eigenvalue weighted by molar-refractivity contribution is 9.10. The summed E-state index contributed by atoms with van der Waals surface area (Å²) in [6, 6.07) is 3.82. The third-order valence-electron chi connectivity index (χ3n) is 2.36. The van der Waals surface area contributed by atoms with Crippen LogP contribution < -0.4 is 0 Å². The van der Waals surface area contributed by atoms with E-state index in [-0.39, 0.29) is 0 Å². The third-order valence-corrected chi connectivity index (χ3v) is 4.28. The van der Waals surface area contributed by atoms with Gasteiger partial charge < -0.3 is 5.11 Å². The largest absolute Gasteiger partial charge is 0.381 e. The van der Waals surface area contributed by atoms with Crippen LogP contribution in [0.1, 0.15) is 30.0 Å². The molecule has 0 saturated heterocycles. The molecule has 0 aliphatic rings. The summed E-state index contributed by atoms with van der Waals surface area (Å²) in [6.07, 6.45) is 2.14. The number of halogens is 1. The third kappa shape index (κ3) is 2.21. The summed E-state index contributed by atoms with van der Waals surface area (Å²) in [7, 11) is 0. The maximum Gasteiger partial charge on any atom is 0.131 e. The Labute approximate surface area is 107 Å². The predicted molar refractivity (Wildman–Crippen MR) is 68.6 cm³/mol. The van der Waals surface area contributed by atoms with E-state index >= 15 is 0 Å². The molecule has 2 aromatic rings. The second-order valence-corrected chi connectivity index (χ2v) is 5.32. The van der Waals surface area contributed by atoms with E-state index in [0.29, 0.717) is 0 Å². The van der Waals surface area contributed by atoms with Gasteiger partial charge in [0.2, 0.25) is 0 Å². The number of thiophene rings is 1. The van der Waals surface area contributed by atoms with Crippen LogP contribution in [0.2, 0.25) is 0 Å². The quantitative estimate of drug-likeness (QED) is 0.941. The number of aliphatic hydroxyl groups excluding tert-OH is 1. The summed E-state index contributed by atoms with van der Waals surface area (Å²) < 4.78 is 2.81. The molecule has 5 heteroatoms. The summed E-state index contributed by atoms with van der Waals surface area (Å²) in [5, 5.41) is 16.5. The second kappa shape index (κ2) is 5.12. The zero-order valence-electron chi connectivity index (χ0n) is 8.93. The van der Waals surface area contributed by atoms with Gasteiger partial charge in [-0.25, -0.2) is 0 Å². The van der Waals surface area contributed by atoms with Gasteiger partial charge in [-0.2, -0.15) is 5.10 Å². The fourth-order valence-corrected chi connectivity index (χ4v) is 3.19.